The van der Waals surface area contributed by atoms with E-state index < -0.39 is 0 Å². The van der Waals surface area contributed by atoms with E-state index in [0.717, 1.165) is 18.0 Å². The van der Waals surface area contributed by atoms with Crippen LogP contribution in [0.5, 0.6) is 0 Å². The molecule has 0 unspecified atom stereocenters. The van der Waals surface area contributed by atoms with Gasteiger partial charge in [-0.1, -0.05) is 17.7 Å². The number of hydrogen-bond acceptors (Lipinski definition) is 1. The van der Waals surface area contributed by atoms with Crippen LogP contribution in [0, 0.1) is 0 Å². The van der Waals surface area contributed by atoms with Gasteiger partial charge < -0.3 is 5.73 Å². The second kappa shape index (κ2) is 3.23. The lowest BCUT2D eigenvalue weighted by molar-refractivity contribution is 0.703. The van der Waals surface area contributed by atoms with Crippen LogP contribution in [0.25, 0.3) is 0 Å². The van der Waals surface area contributed by atoms with Crippen LogP contribution >= 0.6 is 11.6 Å². The molecule has 0 aliphatic heterocycles. The number of nitrogens with two attached hydrogens (primary N) is 1. The molecular weight excluding hydrogens is 206 g/mol. The summed E-state index contributed by atoms with van der Waals surface area (Å²) in [5.74, 6) is 0. The van der Waals surface area contributed by atoms with Gasteiger partial charge in [-0.05, 0) is 54.9 Å². The third kappa shape index (κ3) is 1.41. The van der Waals surface area contributed by atoms with Crippen molar-refractivity contribution in [2.24, 2.45) is 5.73 Å². The van der Waals surface area contributed by atoms with E-state index in [9.17, 15) is 0 Å². The minimum Gasteiger partial charge on any atom is -0.330 e. The van der Waals surface area contributed by atoms with Crippen LogP contribution in [-0.4, -0.2) is 6.54 Å². The van der Waals surface area contributed by atoms with Gasteiger partial charge in [0.05, 0.1) is 0 Å². The van der Waals surface area contributed by atoms with E-state index in [0.29, 0.717) is 0 Å². The molecule has 2 heteroatoms. The van der Waals surface area contributed by atoms with E-state index in [-0.39, 0.29) is 5.41 Å². The van der Waals surface area contributed by atoms with Crippen LogP contribution in [0.15, 0.2) is 12.1 Å². The molecule has 0 atom stereocenters. The van der Waals surface area contributed by atoms with E-state index in [1.165, 1.54) is 42.4 Å². The first-order valence-electron chi connectivity index (χ1n) is 5.77. The molecule has 0 amide bonds. The number of benzene rings is 1. The van der Waals surface area contributed by atoms with Crippen molar-refractivity contribution >= 4 is 11.6 Å². The minimum atomic E-state index is 0.279. The Labute approximate surface area is 95.6 Å². The van der Waals surface area contributed by atoms with E-state index in [1.807, 2.05) is 0 Å². The van der Waals surface area contributed by atoms with E-state index in [1.54, 1.807) is 0 Å². The second-order valence-electron chi connectivity index (χ2n) is 4.93. The van der Waals surface area contributed by atoms with Crippen molar-refractivity contribution in [3.63, 3.8) is 0 Å². The van der Waals surface area contributed by atoms with Gasteiger partial charge in [-0.2, -0.15) is 0 Å². The smallest absolute Gasteiger partial charge is 0.0443 e. The van der Waals surface area contributed by atoms with Gasteiger partial charge in [0, 0.05) is 17.0 Å². The SMILES string of the molecule is NCC1(c2cc(Cl)c3c(c2)CCC3)CC1. The highest BCUT2D eigenvalue weighted by Crippen LogP contribution is 2.49. The Kier molecular flexibility index (Phi) is 2.08. The van der Waals surface area contributed by atoms with Gasteiger partial charge in [0.2, 0.25) is 0 Å². The summed E-state index contributed by atoms with van der Waals surface area (Å²) in [7, 11) is 0. The van der Waals surface area contributed by atoms with Gasteiger partial charge in [0.15, 0.2) is 0 Å². The van der Waals surface area contributed by atoms with Crippen LogP contribution in [0.4, 0.5) is 0 Å². The molecular formula is C13H16ClN. The average molecular weight is 222 g/mol. The molecule has 0 aromatic heterocycles. The Morgan fingerprint density at radius 1 is 1.27 bits per heavy atom. The zero-order chi connectivity index (χ0) is 10.5. The predicted molar refractivity (Wildman–Crippen MR) is 63.4 cm³/mol. The molecule has 2 aliphatic carbocycles. The van der Waals surface area contributed by atoms with Crippen molar-refractivity contribution in [1.82, 2.24) is 0 Å². The highest BCUT2D eigenvalue weighted by atomic mass is 35.5. The predicted octanol–water partition coefficient (Wildman–Crippen LogP) is 2.82. The number of hydrogen-bond donors (Lipinski definition) is 1. The zero-order valence-corrected chi connectivity index (χ0v) is 9.61. The molecule has 0 saturated heterocycles. The lowest BCUT2D eigenvalue weighted by atomic mass is 9.93. The molecule has 1 aromatic carbocycles. The average Bonchev–Trinajstić information content (AvgIpc) is 2.90. The molecule has 1 fully saturated rings. The van der Waals surface area contributed by atoms with Crippen LogP contribution in [-0.2, 0) is 18.3 Å². The summed E-state index contributed by atoms with van der Waals surface area (Å²) in [4.78, 5) is 0. The maximum absolute atomic E-state index is 6.32. The standard InChI is InChI=1S/C13H16ClN/c14-12-7-10(13(8-15)4-5-13)6-9-2-1-3-11(9)12/h6-7H,1-5,8,15H2. The fourth-order valence-electron chi connectivity index (χ4n) is 2.72. The summed E-state index contributed by atoms with van der Waals surface area (Å²) in [6.45, 7) is 0.766. The maximum Gasteiger partial charge on any atom is 0.0443 e. The van der Waals surface area contributed by atoms with E-state index >= 15 is 0 Å². The first kappa shape index (κ1) is 9.68. The van der Waals surface area contributed by atoms with Gasteiger partial charge >= 0.3 is 0 Å². The first-order chi connectivity index (χ1) is 7.25. The first-order valence-corrected chi connectivity index (χ1v) is 6.15. The van der Waals surface area contributed by atoms with Crippen LogP contribution < -0.4 is 5.73 Å². The van der Waals surface area contributed by atoms with Crippen LogP contribution in [0.2, 0.25) is 5.02 Å². The lowest BCUT2D eigenvalue weighted by Crippen LogP contribution is -2.19. The van der Waals surface area contributed by atoms with E-state index in [2.05, 4.69) is 12.1 Å². The summed E-state index contributed by atoms with van der Waals surface area (Å²) in [5.41, 5.74) is 10.4. The quantitative estimate of drug-likeness (QED) is 0.817. The number of aryl methyl sites for hydroxylation is 1. The second-order valence-corrected chi connectivity index (χ2v) is 5.34. The molecule has 2 N–H and O–H groups in total. The fourth-order valence-corrected chi connectivity index (χ4v) is 3.05. The third-order valence-electron chi connectivity index (χ3n) is 4.02. The van der Waals surface area contributed by atoms with Gasteiger partial charge in [-0.3, -0.25) is 0 Å². The molecule has 15 heavy (non-hydrogen) atoms. The topological polar surface area (TPSA) is 26.0 Å². The molecule has 1 saturated carbocycles. The van der Waals surface area contributed by atoms with Crippen molar-refractivity contribution in [2.75, 3.05) is 6.54 Å². The molecule has 0 heterocycles. The Bertz CT molecular complexity index is 407. The van der Waals surface area contributed by atoms with Crippen molar-refractivity contribution in [3.05, 3.63) is 33.8 Å². The molecule has 2 aliphatic rings. The molecule has 0 spiro atoms. The Balaban J connectivity index is 2.08. The maximum atomic E-state index is 6.32. The van der Waals surface area contributed by atoms with Crippen molar-refractivity contribution in [1.29, 1.82) is 0 Å². The Morgan fingerprint density at radius 2 is 2.07 bits per heavy atom. The fraction of sp³-hybridized carbons (Fsp3) is 0.538. The highest BCUT2D eigenvalue weighted by molar-refractivity contribution is 6.31. The molecule has 0 radical (unpaired) electrons. The minimum absolute atomic E-state index is 0.279. The lowest BCUT2D eigenvalue weighted by Gasteiger charge is -2.15. The normalized spacial score (nSPS) is 21.5. The van der Waals surface area contributed by atoms with Crippen molar-refractivity contribution < 1.29 is 0 Å². The van der Waals surface area contributed by atoms with Crippen molar-refractivity contribution in [2.45, 2.75) is 37.5 Å². The Morgan fingerprint density at radius 3 is 2.73 bits per heavy atom. The summed E-state index contributed by atoms with van der Waals surface area (Å²) in [6, 6.07) is 4.51. The largest absolute Gasteiger partial charge is 0.330 e. The highest BCUT2D eigenvalue weighted by Gasteiger charge is 2.43. The number of rotatable bonds is 2. The molecule has 0 bridgehead atoms. The molecule has 1 nitrogen and oxygen atoms in total. The molecule has 80 valence electrons. The molecule has 1 aromatic rings. The summed E-state index contributed by atoms with van der Waals surface area (Å²) in [6.07, 6.45) is 6.08. The van der Waals surface area contributed by atoms with Gasteiger partial charge in [-0.25, -0.2) is 0 Å². The number of halogens is 1. The van der Waals surface area contributed by atoms with Gasteiger partial charge in [0.1, 0.15) is 0 Å². The molecule has 3 rings (SSSR count). The van der Waals surface area contributed by atoms with Crippen LogP contribution in [0.1, 0.15) is 36.0 Å². The summed E-state index contributed by atoms with van der Waals surface area (Å²) < 4.78 is 0. The summed E-state index contributed by atoms with van der Waals surface area (Å²) in [5, 5.41) is 0.972. The third-order valence-corrected chi connectivity index (χ3v) is 4.35. The zero-order valence-electron chi connectivity index (χ0n) is 8.85. The summed E-state index contributed by atoms with van der Waals surface area (Å²) >= 11 is 6.32. The van der Waals surface area contributed by atoms with Crippen molar-refractivity contribution in [3.8, 4) is 0 Å². The van der Waals surface area contributed by atoms with E-state index in [4.69, 9.17) is 17.3 Å². The van der Waals surface area contributed by atoms with Gasteiger partial charge in [0.25, 0.3) is 0 Å². The monoisotopic (exact) mass is 221 g/mol. The van der Waals surface area contributed by atoms with Crippen LogP contribution in [0.3, 0.4) is 0 Å². The number of fused-ring (bicyclic) bond motifs is 1. The Hall–Kier alpha value is -0.530. The van der Waals surface area contributed by atoms with Gasteiger partial charge in [-0.15, -0.1) is 0 Å².